The second kappa shape index (κ2) is 11.0. The SMILES string of the molecule is Cc1cc(Nc2cc(OCC(O)CN(C)Cc3ccccc3)cc(C(F)(F)F)c2)c2ccccc2n1. The smallest absolute Gasteiger partial charge is 0.416 e. The average molecular weight is 496 g/mol. The lowest BCUT2D eigenvalue weighted by Gasteiger charge is -2.21. The molecule has 0 aliphatic heterocycles. The molecular weight excluding hydrogens is 467 g/mol. The van der Waals surface area contributed by atoms with Crippen LogP contribution < -0.4 is 10.1 Å². The van der Waals surface area contributed by atoms with Gasteiger partial charge >= 0.3 is 6.18 Å². The highest BCUT2D eigenvalue weighted by Gasteiger charge is 2.31. The summed E-state index contributed by atoms with van der Waals surface area (Å²) in [5.74, 6) is 0.0205. The van der Waals surface area contributed by atoms with Crippen LogP contribution in [0.3, 0.4) is 0 Å². The fourth-order valence-electron chi connectivity index (χ4n) is 4.05. The van der Waals surface area contributed by atoms with Crippen molar-refractivity contribution in [3.8, 4) is 5.75 Å². The molecule has 0 spiro atoms. The molecule has 2 N–H and O–H groups in total. The molecule has 1 unspecified atom stereocenters. The third-order valence-electron chi connectivity index (χ3n) is 5.62. The van der Waals surface area contributed by atoms with Crippen LogP contribution >= 0.6 is 0 Å². The lowest BCUT2D eigenvalue weighted by Crippen LogP contribution is -2.32. The van der Waals surface area contributed by atoms with Crippen molar-refractivity contribution in [2.75, 3.05) is 25.5 Å². The average Bonchev–Trinajstić information content (AvgIpc) is 2.82. The normalized spacial score (nSPS) is 12.6. The summed E-state index contributed by atoms with van der Waals surface area (Å²) in [6.07, 6.45) is -5.43. The van der Waals surface area contributed by atoms with E-state index in [0.29, 0.717) is 18.8 Å². The number of rotatable bonds is 9. The maximum absolute atomic E-state index is 13.6. The highest BCUT2D eigenvalue weighted by Crippen LogP contribution is 2.36. The highest BCUT2D eigenvalue weighted by molar-refractivity contribution is 5.93. The Morgan fingerprint density at radius 2 is 1.72 bits per heavy atom. The number of nitrogens with zero attached hydrogens (tertiary/aromatic N) is 2. The van der Waals surface area contributed by atoms with Crippen LogP contribution in [0.25, 0.3) is 10.9 Å². The maximum Gasteiger partial charge on any atom is 0.416 e. The standard InChI is InChI=1S/C28H28F3N3O2/c1-19-12-27(25-10-6-7-11-26(25)32-19)33-22-13-21(28(29,30)31)14-24(15-22)36-18-23(35)17-34(2)16-20-8-4-3-5-9-20/h3-15,23,35H,16-18H2,1-2H3,(H,32,33). The van der Waals surface area contributed by atoms with E-state index in [1.807, 2.05) is 73.5 Å². The minimum Gasteiger partial charge on any atom is -0.491 e. The molecule has 36 heavy (non-hydrogen) atoms. The lowest BCUT2D eigenvalue weighted by molar-refractivity contribution is -0.137. The lowest BCUT2D eigenvalue weighted by atomic mass is 10.1. The van der Waals surface area contributed by atoms with E-state index >= 15 is 0 Å². The number of likely N-dealkylation sites (N-methyl/N-ethyl adjacent to an activating group) is 1. The van der Waals surface area contributed by atoms with E-state index in [1.54, 1.807) is 6.07 Å². The van der Waals surface area contributed by atoms with Crippen molar-refractivity contribution in [3.05, 3.63) is 95.7 Å². The number of nitrogens with one attached hydrogen (secondary N) is 1. The van der Waals surface area contributed by atoms with Crippen molar-refractivity contribution >= 4 is 22.3 Å². The van der Waals surface area contributed by atoms with Gasteiger partial charge in [0, 0.05) is 41.6 Å². The van der Waals surface area contributed by atoms with Gasteiger partial charge in [-0.15, -0.1) is 0 Å². The van der Waals surface area contributed by atoms with Gasteiger partial charge in [0.05, 0.1) is 11.1 Å². The Morgan fingerprint density at radius 3 is 2.47 bits per heavy atom. The number of aliphatic hydroxyl groups excluding tert-OH is 1. The molecule has 0 aliphatic carbocycles. The van der Waals surface area contributed by atoms with Crippen molar-refractivity contribution in [1.29, 1.82) is 0 Å². The summed E-state index contributed by atoms with van der Waals surface area (Å²) in [4.78, 5) is 6.40. The minimum atomic E-state index is -4.56. The van der Waals surface area contributed by atoms with Gasteiger partial charge in [0.1, 0.15) is 18.5 Å². The third-order valence-corrected chi connectivity index (χ3v) is 5.62. The number of halogens is 3. The zero-order valence-electron chi connectivity index (χ0n) is 20.1. The second-order valence-corrected chi connectivity index (χ2v) is 8.84. The minimum absolute atomic E-state index is 0.0205. The first-order chi connectivity index (χ1) is 17.2. The van der Waals surface area contributed by atoms with Gasteiger partial charge in [-0.1, -0.05) is 48.5 Å². The van der Waals surface area contributed by atoms with Crippen molar-refractivity contribution in [3.63, 3.8) is 0 Å². The number of ether oxygens (including phenoxy) is 1. The van der Waals surface area contributed by atoms with Gasteiger partial charge in [-0.3, -0.25) is 9.88 Å². The van der Waals surface area contributed by atoms with E-state index in [2.05, 4.69) is 10.3 Å². The van der Waals surface area contributed by atoms with Gasteiger partial charge in [-0.05, 0) is 43.8 Å². The molecule has 4 rings (SSSR count). The molecule has 0 aliphatic rings. The number of hydrogen-bond donors (Lipinski definition) is 2. The number of anilines is 2. The van der Waals surface area contributed by atoms with Crippen LogP contribution in [0.4, 0.5) is 24.5 Å². The Morgan fingerprint density at radius 1 is 1.00 bits per heavy atom. The summed E-state index contributed by atoms with van der Waals surface area (Å²) in [7, 11) is 1.86. The van der Waals surface area contributed by atoms with Crippen molar-refractivity contribution < 1.29 is 23.0 Å². The summed E-state index contributed by atoms with van der Waals surface area (Å²) < 4.78 is 46.5. The summed E-state index contributed by atoms with van der Waals surface area (Å²) in [5.41, 5.74) is 2.61. The Bertz CT molecular complexity index is 1310. The van der Waals surface area contributed by atoms with Crippen LogP contribution in [-0.4, -0.2) is 41.3 Å². The van der Waals surface area contributed by atoms with Crippen LogP contribution in [-0.2, 0) is 12.7 Å². The number of para-hydroxylation sites is 1. The number of alkyl halides is 3. The molecule has 188 valence electrons. The van der Waals surface area contributed by atoms with Gasteiger partial charge in [-0.2, -0.15) is 13.2 Å². The van der Waals surface area contributed by atoms with E-state index in [4.69, 9.17) is 4.74 Å². The zero-order chi connectivity index (χ0) is 25.7. The first-order valence-electron chi connectivity index (χ1n) is 11.6. The molecule has 0 saturated heterocycles. The van der Waals surface area contributed by atoms with Crippen LogP contribution in [0.5, 0.6) is 5.75 Å². The van der Waals surface area contributed by atoms with Crippen molar-refractivity contribution in [2.45, 2.75) is 25.7 Å². The molecule has 0 fully saturated rings. The number of aliphatic hydroxyl groups is 1. The van der Waals surface area contributed by atoms with E-state index in [-0.39, 0.29) is 18.0 Å². The molecule has 8 heteroatoms. The van der Waals surface area contributed by atoms with Crippen molar-refractivity contribution in [1.82, 2.24) is 9.88 Å². The molecule has 4 aromatic rings. The molecule has 5 nitrogen and oxygen atoms in total. The fraction of sp³-hybridized carbons (Fsp3) is 0.250. The van der Waals surface area contributed by atoms with Crippen LogP contribution in [0.15, 0.2) is 78.9 Å². The molecule has 1 aromatic heterocycles. The highest BCUT2D eigenvalue weighted by atomic mass is 19.4. The first kappa shape index (κ1) is 25.5. The summed E-state index contributed by atoms with van der Waals surface area (Å²) >= 11 is 0. The monoisotopic (exact) mass is 495 g/mol. The zero-order valence-corrected chi connectivity index (χ0v) is 20.1. The van der Waals surface area contributed by atoms with E-state index < -0.39 is 17.8 Å². The Hall–Kier alpha value is -3.62. The largest absolute Gasteiger partial charge is 0.491 e. The number of benzene rings is 3. The summed E-state index contributed by atoms with van der Waals surface area (Å²) in [6, 6.07) is 22.5. The Labute approximate surface area is 208 Å². The first-order valence-corrected chi connectivity index (χ1v) is 11.6. The van der Waals surface area contributed by atoms with E-state index in [9.17, 15) is 18.3 Å². The third kappa shape index (κ3) is 6.74. The number of aryl methyl sites for hydroxylation is 1. The molecule has 1 atom stereocenters. The summed E-state index contributed by atoms with van der Waals surface area (Å²) in [5, 5.41) is 14.3. The Kier molecular flexibility index (Phi) is 7.76. The molecule has 0 saturated carbocycles. The van der Waals surface area contributed by atoms with Gasteiger partial charge in [0.25, 0.3) is 0 Å². The fourth-order valence-corrected chi connectivity index (χ4v) is 4.05. The quantitative estimate of drug-likeness (QED) is 0.291. The number of hydrogen-bond acceptors (Lipinski definition) is 5. The van der Waals surface area contributed by atoms with Crippen LogP contribution in [0, 0.1) is 6.92 Å². The molecular formula is C28H28F3N3O2. The molecule has 0 amide bonds. The van der Waals surface area contributed by atoms with E-state index in [1.165, 1.54) is 6.07 Å². The van der Waals surface area contributed by atoms with Crippen LogP contribution in [0.1, 0.15) is 16.8 Å². The number of pyridine rings is 1. The number of aromatic nitrogens is 1. The van der Waals surface area contributed by atoms with Gasteiger partial charge < -0.3 is 15.2 Å². The van der Waals surface area contributed by atoms with Crippen molar-refractivity contribution in [2.24, 2.45) is 0 Å². The molecule has 1 heterocycles. The predicted molar refractivity (Wildman–Crippen MR) is 135 cm³/mol. The second-order valence-electron chi connectivity index (χ2n) is 8.84. The summed E-state index contributed by atoms with van der Waals surface area (Å²) in [6.45, 7) is 2.63. The van der Waals surface area contributed by atoms with Gasteiger partial charge in [-0.25, -0.2) is 0 Å². The van der Waals surface area contributed by atoms with E-state index in [0.717, 1.165) is 34.3 Å². The molecule has 0 radical (unpaired) electrons. The Balaban J connectivity index is 1.49. The molecule has 0 bridgehead atoms. The maximum atomic E-state index is 13.6. The van der Waals surface area contributed by atoms with Gasteiger partial charge in [0.15, 0.2) is 0 Å². The van der Waals surface area contributed by atoms with Crippen LogP contribution in [0.2, 0.25) is 0 Å². The molecule has 3 aromatic carbocycles. The number of fused-ring (bicyclic) bond motifs is 1. The van der Waals surface area contributed by atoms with Gasteiger partial charge in [0.2, 0.25) is 0 Å². The topological polar surface area (TPSA) is 57.6 Å². The predicted octanol–water partition coefficient (Wildman–Crippen LogP) is 6.18.